The molecule has 1 aliphatic rings. The number of urea groups is 1. The Morgan fingerprint density at radius 2 is 1.62 bits per heavy atom. The Morgan fingerprint density at radius 3 is 2.31 bits per heavy atom. The number of anilines is 1. The molecule has 1 fully saturated rings. The first-order valence-electron chi connectivity index (χ1n) is 10.2. The van der Waals surface area contributed by atoms with E-state index in [1.165, 1.54) is 30.8 Å². The summed E-state index contributed by atoms with van der Waals surface area (Å²) in [6, 6.07) is 10.4. The van der Waals surface area contributed by atoms with Crippen molar-refractivity contribution >= 4 is 28.7 Å². The highest BCUT2D eigenvalue weighted by Crippen LogP contribution is 2.14. The summed E-state index contributed by atoms with van der Waals surface area (Å²) in [4.78, 5) is 57.6. The summed E-state index contributed by atoms with van der Waals surface area (Å²) in [5.74, 6) is -0.307. The van der Waals surface area contributed by atoms with Gasteiger partial charge in [-0.2, -0.15) is 0 Å². The minimum atomic E-state index is -0.507. The number of aryl methyl sites for hydroxylation is 2. The van der Waals surface area contributed by atoms with Gasteiger partial charge in [-0.1, -0.05) is 12.1 Å². The number of carbonyl (C=O) groups is 2. The van der Waals surface area contributed by atoms with E-state index in [1.54, 1.807) is 9.80 Å². The Hall–Kier alpha value is -3.95. The second kappa shape index (κ2) is 8.29. The van der Waals surface area contributed by atoms with Gasteiger partial charge in [-0.3, -0.25) is 18.7 Å². The molecule has 3 aromatic rings. The molecule has 166 valence electrons. The molecule has 1 saturated heterocycles. The standard InChI is InChI=1S/C22H24N6O4/c1-14-5-4-6-15(13-14)23-21(31)28-11-9-27(10-12-28)20(30)17-8-7-16-18(24-17)25(2)22(32)26(3)19(16)29/h4-8,13H,9-12H2,1-3H3,(H,23,31). The molecular weight excluding hydrogens is 412 g/mol. The molecule has 0 bridgehead atoms. The lowest BCUT2D eigenvalue weighted by Crippen LogP contribution is -2.51. The summed E-state index contributed by atoms with van der Waals surface area (Å²) in [6.07, 6.45) is 0. The zero-order valence-electron chi connectivity index (χ0n) is 18.2. The first-order chi connectivity index (χ1) is 15.3. The van der Waals surface area contributed by atoms with Gasteiger partial charge in [-0.15, -0.1) is 0 Å². The van der Waals surface area contributed by atoms with Crippen molar-refractivity contribution in [2.75, 3.05) is 31.5 Å². The number of nitrogens with one attached hydrogen (secondary N) is 1. The van der Waals surface area contributed by atoms with Gasteiger partial charge in [-0.25, -0.2) is 14.6 Å². The smallest absolute Gasteiger partial charge is 0.332 e. The summed E-state index contributed by atoms with van der Waals surface area (Å²) in [5.41, 5.74) is 1.14. The van der Waals surface area contributed by atoms with Gasteiger partial charge in [0.25, 0.3) is 11.5 Å². The van der Waals surface area contributed by atoms with Crippen LogP contribution < -0.4 is 16.6 Å². The number of carbonyl (C=O) groups excluding carboxylic acids is 2. The maximum absolute atomic E-state index is 13.0. The molecule has 10 nitrogen and oxygen atoms in total. The Morgan fingerprint density at radius 1 is 0.938 bits per heavy atom. The molecule has 1 aromatic carbocycles. The highest BCUT2D eigenvalue weighted by Gasteiger charge is 2.26. The Kier molecular flexibility index (Phi) is 5.52. The molecule has 0 radical (unpaired) electrons. The predicted molar refractivity (Wildman–Crippen MR) is 120 cm³/mol. The zero-order chi connectivity index (χ0) is 23.0. The fourth-order valence-corrected chi connectivity index (χ4v) is 3.77. The van der Waals surface area contributed by atoms with Crippen LogP contribution in [0.15, 0.2) is 46.0 Å². The third-order valence-electron chi connectivity index (χ3n) is 5.64. The highest BCUT2D eigenvalue weighted by molar-refractivity contribution is 5.95. The number of piperazine rings is 1. The van der Waals surface area contributed by atoms with E-state index >= 15 is 0 Å². The van der Waals surface area contributed by atoms with E-state index in [0.717, 1.165) is 15.8 Å². The molecule has 2 aromatic heterocycles. The number of benzene rings is 1. The average molecular weight is 436 g/mol. The SMILES string of the molecule is Cc1cccc(NC(=O)N2CCN(C(=O)c3ccc4c(=O)n(C)c(=O)n(C)c4n3)CC2)c1. The van der Waals surface area contributed by atoms with Gasteiger partial charge in [0, 0.05) is 46.0 Å². The second-order valence-corrected chi connectivity index (χ2v) is 7.85. The largest absolute Gasteiger partial charge is 0.334 e. The van der Waals surface area contributed by atoms with Crippen LogP contribution in [-0.2, 0) is 14.1 Å². The molecule has 1 N–H and O–H groups in total. The quantitative estimate of drug-likeness (QED) is 0.643. The number of hydrogen-bond acceptors (Lipinski definition) is 5. The van der Waals surface area contributed by atoms with Crippen LogP contribution in [0.25, 0.3) is 11.0 Å². The fourth-order valence-electron chi connectivity index (χ4n) is 3.77. The van der Waals surface area contributed by atoms with Crippen LogP contribution in [0, 0.1) is 6.92 Å². The molecule has 0 unspecified atom stereocenters. The van der Waals surface area contributed by atoms with Crippen molar-refractivity contribution in [3.05, 3.63) is 68.5 Å². The van der Waals surface area contributed by atoms with Crippen molar-refractivity contribution in [1.82, 2.24) is 23.9 Å². The van der Waals surface area contributed by atoms with E-state index in [-0.39, 0.29) is 28.7 Å². The number of rotatable bonds is 2. The topological polar surface area (TPSA) is 110 Å². The number of aromatic nitrogens is 3. The number of fused-ring (bicyclic) bond motifs is 1. The van der Waals surface area contributed by atoms with Gasteiger partial charge < -0.3 is 15.1 Å². The lowest BCUT2D eigenvalue weighted by molar-refractivity contribution is 0.0666. The Balaban J connectivity index is 1.46. The Labute approximate surface area is 183 Å². The summed E-state index contributed by atoms with van der Waals surface area (Å²) in [5, 5.41) is 3.14. The van der Waals surface area contributed by atoms with Crippen molar-refractivity contribution in [3.8, 4) is 0 Å². The van der Waals surface area contributed by atoms with E-state index in [0.29, 0.717) is 26.2 Å². The van der Waals surface area contributed by atoms with Gasteiger partial charge in [-0.05, 0) is 36.8 Å². The second-order valence-electron chi connectivity index (χ2n) is 7.85. The molecular formula is C22H24N6O4. The van der Waals surface area contributed by atoms with Gasteiger partial charge in [0.1, 0.15) is 11.3 Å². The van der Waals surface area contributed by atoms with E-state index < -0.39 is 11.2 Å². The lowest BCUT2D eigenvalue weighted by Gasteiger charge is -2.34. The maximum atomic E-state index is 13.0. The van der Waals surface area contributed by atoms with Gasteiger partial charge in [0.15, 0.2) is 0 Å². The molecule has 4 rings (SSSR count). The first-order valence-corrected chi connectivity index (χ1v) is 10.2. The fraction of sp³-hybridized carbons (Fsp3) is 0.318. The lowest BCUT2D eigenvalue weighted by atomic mass is 10.2. The maximum Gasteiger partial charge on any atom is 0.332 e. The van der Waals surface area contributed by atoms with E-state index in [9.17, 15) is 19.2 Å². The van der Waals surface area contributed by atoms with Gasteiger partial charge in [0.05, 0.1) is 5.39 Å². The molecule has 10 heteroatoms. The van der Waals surface area contributed by atoms with Gasteiger partial charge in [0.2, 0.25) is 0 Å². The van der Waals surface area contributed by atoms with Crippen LogP contribution in [0.5, 0.6) is 0 Å². The van der Waals surface area contributed by atoms with E-state index in [4.69, 9.17) is 0 Å². The normalized spacial score (nSPS) is 14.0. The molecule has 0 saturated carbocycles. The molecule has 1 aliphatic heterocycles. The van der Waals surface area contributed by atoms with Crippen LogP contribution in [0.3, 0.4) is 0 Å². The first kappa shape index (κ1) is 21.3. The molecule has 0 spiro atoms. The number of amides is 3. The monoisotopic (exact) mass is 436 g/mol. The summed E-state index contributed by atoms with van der Waals surface area (Å²) >= 11 is 0. The highest BCUT2D eigenvalue weighted by atomic mass is 16.2. The van der Waals surface area contributed by atoms with Crippen molar-refractivity contribution in [1.29, 1.82) is 0 Å². The summed E-state index contributed by atoms with van der Waals surface area (Å²) in [7, 11) is 2.91. The number of hydrogen-bond donors (Lipinski definition) is 1. The van der Waals surface area contributed by atoms with Crippen molar-refractivity contribution in [2.45, 2.75) is 6.92 Å². The average Bonchev–Trinajstić information content (AvgIpc) is 2.80. The minimum absolute atomic E-state index is 0.151. The molecule has 3 heterocycles. The zero-order valence-corrected chi connectivity index (χ0v) is 18.2. The van der Waals surface area contributed by atoms with Gasteiger partial charge >= 0.3 is 11.7 Å². The molecule has 32 heavy (non-hydrogen) atoms. The molecule has 3 amide bonds. The molecule has 0 aliphatic carbocycles. The van der Waals surface area contributed by atoms with Crippen LogP contribution in [0.4, 0.5) is 10.5 Å². The predicted octanol–water partition coefficient (Wildman–Crippen LogP) is 0.931. The summed E-state index contributed by atoms with van der Waals surface area (Å²) in [6.45, 7) is 3.44. The third kappa shape index (κ3) is 3.86. The van der Waals surface area contributed by atoms with E-state index in [2.05, 4.69) is 10.3 Å². The third-order valence-corrected chi connectivity index (χ3v) is 5.64. The minimum Gasteiger partial charge on any atom is -0.334 e. The number of pyridine rings is 1. The van der Waals surface area contributed by atoms with Crippen molar-refractivity contribution < 1.29 is 9.59 Å². The van der Waals surface area contributed by atoms with E-state index in [1.807, 2.05) is 31.2 Å². The van der Waals surface area contributed by atoms with Crippen LogP contribution in [-0.4, -0.2) is 62.0 Å². The van der Waals surface area contributed by atoms with Crippen molar-refractivity contribution in [2.24, 2.45) is 14.1 Å². The summed E-state index contributed by atoms with van der Waals surface area (Å²) < 4.78 is 2.26. The van der Waals surface area contributed by atoms with Crippen LogP contribution >= 0.6 is 0 Å². The van der Waals surface area contributed by atoms with Crippen LogP contribution in [0.2, 0.25) is 0 Å². The van der Waals surface area contributed by atoms with Crippen LogP contribution in [0.1, 0.15) is 16.1 Å². The Bertz CT molecular complexity index is 1330. The molecule has 0 atom stereocenters. The van der Waals surface area contributed by atoms with Crippen molar-refractivity contribution in [3.63, 3.8) is 0 Å². The number of nitrogens with zero attached hydrogens (tertiary/aromatic N) is 5.